The molecule has 4 N–H and O–H groups in total. The SMILES string of the molecule is NC(=O)c1ccc(NCC(F)(F)CO)nn1. The number of nitrogens with two attached hydrogens (primary N) is 1. The van der Waals surface area contributed by atoms with Gasteiger partial charge in [-0.1, -0.05) is 0 Å². The summed E-state index contributed by atoms with van der Waals surface area (Å²) in [6, 6.07) is 2.55. The molecule has 8 heteroatoms. The number of alkyl halides is 2. The molecule has 1 heterocycles. The lowest BCUT2D eigenvalue weighted by Gasteiger charge is -2.13. The maximum Gasteiger partial charge on any atom is 0.287 e. The van der Waals surface area contributed by atoms with Gasteiger partial charge in [0.2, 0.25) is 0 Å². The van der Waals surface area contributed by atoms with Crippen LogP contribution in [0.5, 0.6) is 0 Å². The Kier molecular flexibility index (Phi) is 3.67. The van der Waals surface area contributed by atoms with Crippen molar-refractivity contribution in [3.63, 3.8) is 0 Å². The lowest BCUT2D eigenvalue weighted by Crippen LogP contribution is -2.31. The van der Waals surface area contributed by atoms with E-state index in [1.54, 1.807) is 0 Å². The van der Waals surface area contributed by atoms with Gasteiger partial charge in [0, 0.05) is 0 Å². The van der Waals surface area contributed by atoms with Crippen LogP contribution in [0.4, 0.5) is 14.6 Å². The molecular formula is C8H10F2N4O2. The minimum Gasteiger partial charge on any atom is -0.390 e. The Morgan fingerprint density at radius 2 is 2.19 bits per heavy atom. The van der Waals surface area contributed by atoms with Crippen LogP contribution in [0.3, 0.4) is 0 Å². The van der Waals surface area contributed by atoms with Crippen LogP contribution >= 0.6 is 0 Å². The zero-order chi connectivity index (χ0) is 12.2. The van der Waals surface area contributed by atoms with Crippen LogP contribution in [0.1, 0.15) is 10.5 Å². The molecular weight excluding hydrogens is 222 g/mol. The maximum absolute atomic E-state index is 12.6. The lowest BCUT2D eigenvalue weighted by molar-refractivity contribution is -0.0373. The summed E-state index contributed by atoms with van der Waals surface area (Å²) in [5, 5.41) is 17.4. The van der Waals surface area contributed by atoms with E-state index in [1.807, 2.05) is 0 Å². The smallest absolute Gasteiger partial charge is 0.287 e. The van der Waals surface area contributed by atoms with Gasteiger partial charge in [-0.3, -0.25) is 4.79 Å². The molecule has 0 unspecified atom stereocenters. The van der Waals surface area contributed by atoms with Gasteiger partial charge >= 0.3 is 0 Å². The van der Waals surface area contributed by atoms with Crippen LogP contribution in [0.15, 0.2) is 12.1 Å². The van der Waals surface area contributed by atoms with Crippen molar-refractivity contribution in [3.05, 3.63) is 17.8 Å². The quantitative estimate of drug-likeness (QED) is 0.642. The third-order valence-electron chi connectivity index (χ3n) is 1.68. The van der Waals surface area contributed by atoms with Crippen LogP contribution < -0.4 is 11.1 Å². The fourth-order valence-corrected chi connectivity index (χ4v) is 0.834. The number of halogens is 2. The van der Waals surface area contributed by atoms with Gasteiger partial charge in [-0.05, 0) is 12.1 Å². The summed E-state index contributed by atoms with van der Waals surface area (Å²) in [6.45, 7) is -2.03. The molecule has 16 heavy (non-hydrogen) atoms. The number of hydrogen-bond donors (Lipinski definition) is 3. The Bertz CT molecular complexity index is 369. The number of carbonyl (C=O) groups is 1. The van der Waals surface area contributed by atoms with E-state index in [1.165, 1.54) is 12.1 Å². The van der Waals surface area contributed by atoms with Crippen LogP contribution in [-0.4, -0.2) is 40.3 Å². The summed E-state index contributed by atoms with van der Waals surface area (Å²) < 4.78 is 25.2. The molecule has 0 spiro atoms. The van der Waals surface area contributed by atoms with Crippen molar-refractivity contribution in [2.75, 3.05) is 18.5 Å². The van der Waals surface area contributed by atoms with E-state index < -0.39 is 25.0 Å². The van der Waals surface area contributed by atoms with Gasteiger partial charge in [-0.2, -0.15) is 0 Å². The Morgan fingerprint density at radius 3 is 2.62 bits per heavy atom. The number of aliphatic hydroxyl groups is 1. The molecule has 0 aliphatic heterocycles. The Labute approximate surface area is 89.5 Å². The van der Waals surface area contributed by atoms with E-state index in [4.69, 9.17) is 10.8 Å². The fraction of sp³-hybridized carbons (Fsp3) is 0.375. The molecule has 0 atom stereocenters. The molecule has 0 bridgehead atoms. The number of nitrogens with one attached hydrogen (secondary N) is 1. The molecule has 0 aliphatic carbocycles. The number of amides is 1. The predicted octanol–water partition coefficient (Wildman–Crippen LogP) is -0.385. The van der Waals surface area contributed by atoms with E-state index in [9.17, 15) is 13.6 Å². The topological polar surface area (TPSA) is 101 Å². The number of aliphatic hydroxyl groups excluding tert-OH is 1. The molecule has 0 radical (unpaired) electrons. The van der Waals surface area contributed by atoms with Crippen LogP contribution in [-0.2, 0) is 0 Å². The van der Waals surface area contributed by atoms with Crippen molar-refractivity contribution in [3.8, 4) is 0 Å². The van der Waals surface area contributed by atoms with E-state index >= 15 is 0 Å². The molecule has 1 rings (SSSR count). The first-order chi connectivity index (χ1) is 7.44. The van der Waals surface area contributed by atoms with E-state index in [0.717, 1.165) is 0 Å². The highest BCUT2D eigenvalue weighted by molar-refractivity contribution is 5.90. The predicted molar refractivity (Wildman–Crippen MR) is 51.1 cm³/mol. The first-order valence-electron chi connectivity index (χ1n) is 4.31. The maximum atomic E-state index is 12.6. The second kappa shape index (κ2) is 4.79. The molecule has 0 saturated carbocycles. The Balaban J connectivity index is 2.59. The largest absolute Gasteiger partial charge is 0.390 e. The number of anilines is 1. The van der Waals surface area contributed by atoms with Crippen molar-refractivity contribution < 1.29 is 18.7 Å². The molecule has 1 aromatic rings. The minimum atomic E-state index is -3.23. The normalized spacial score (nSPS) is 11.2. The van der Waals surface area contributed by atoms with E-state index in [-0.39, 0.29) is 11.5 Å². The molecule has 0 saturated heterocycles. The minimum absolute atomic E-state index is 0.0560. The van der Waals surface area contributed by atoms with Crippen molar-refractivity contribution in [2.24, 2.45) is 5.73 Å². The number of carbonyl (C=O) groups excluding carboxylic acids is 1. The van der Waals surface area contributed by atoms with Gasteiger partial charge in [0.25, 0.3) is 11.8 Å². The second-order valence-electron chi connectivity index (χ2n) is 3.04. The summed E-state index contributed by atoms with van der Waals surface area (Å²) >= 11 is 0. The summed E-state index contributed by atoms with van der Waals surface area (Å²) in [5.41, 5.74) is 4.86. The monoisotopic (exact) mass is 232 g/mol. The molecule has 0 aliphatic rings. The molecule has 88 valence electrons. The molecule has 1 amide bonds. The summed E-state index contributed by atoms with van der Waals surface area (Å²) in [5.74, 6) is -3.91. The van der Waals surface area contributed by atoms with Crippen molar-refractivity contribution in [1.29, 1.82) is 0 Å². The third-order valence-corrected chi connectivity index (χ3v) is 1.68. The van der Waals surface area contributed by atoms with Gasteiger partial charge in [-0.25, -0.2) is 8.78 Å². The van der Waals surface area contributed by atoms with E-state index in [0.29, 0.717) is 0 Å². The first-order valence-corrected chi connectivity index (χ1v) is 4.31. The molecule has 1 aromatic heterocycles. The summed E-state index contributed by atoms with van der Waals surface area (Å²) in [7, 11) is 0. The third kappa shape index (κ3) is 3.39. The Hall–Kier alpha value is -1.83. The van der Waals surface area contributed by atoms with Crippen molar-refractivity contribution in [2.45, 2.75) is 5.92 Å². The summed E-state index contributed by atoms with van der Waals surface area (Å²) in [6.07, 6.45) is 0. The first kappa shape index (κ1) is 12.2. The van der Waals surface area contributed by atoms with Crippen LogP contribution in [0.2, 0.25) is 0 Å². The molecule has 0 fully saturated rings. The van der Waals surface area contributed by atoms with Gasteiger partial charge < -0.3 is 16.2 Å². The van der Waals surface area contributed by atoms with Crippen LogP contribution in [0, 0.1) is 0 Å². The number of aromatic nitrogens is 2. The van der Waals surface area contributed by atoms with Gasteiger partial charge in [0.1, 0.15) is 12.4 Å². The van der Waals surface area contributed by atoms with Gasteiger partial charge in [0.05, 0.1) is 6.54 Å². The number of primary amides is 1. The van der Waals surface area contributed by atoms with Gasteiger partial charge in [-0.15, -0.1) is 10.2 Å². The number of rotatable bonds is 5. The molecule has 6 nitrogen and oxygen atoms in total. The second-order valence-corrected chi connectivity index (χ2v) is 3.04. The van der Waals surface area contributed by atoms with Crippen LogP contribution in [0.25, 0.3) is 0 Å². The highest BCUT2D eigenvalue weighted by Gasteiger charge is 2.27. The highest BCUT2D eigenvalue weighted by Crippen LogP contribution is 2.12. The molecule has 0 aromatic carbocycles. The standard InChI is InChI=1S/C8H10F2N4O2/c9-8(10,4-15)3-12-6-2-1-5(7(11)16)13-14-6/h1-2,15H,3-4H2,(H2,11,16)(H,12,14). The lowest BCUT2D eigenvalue weighted by atomic mass is 10.3. The van der Waals surface area contributed by atoms with Gasteiger partial charge in [0.15, 0.2) is 5.69 Å². The average molecular weight is 232 g/mol. The zero-order valence-electron chi connectivity index (χ0n) is 8.15. The Morgan fingerprint density at radius 1 is 1.50 bits per heavy atom. The van der Waals surface area contributed by atoms with Crippen molar-refractivity contribution >= 4 is 11.7 Å². The number of nitrogens with zero attached hydrogens (tertiary/aromatic N) is 2. The fourth-order valence-electron chi connectivity index (χ4n) is 0.834. The zero-order valence-corrected chi connectivity index (χ0v) is 8.15. The highest BCUT2D eigenvalue weighted by atomic mass is 19.3. The average Bonchev–Trinajstić information content (AvgIpc) is 2.27. The van der Waals surface area contributed by atoms with Crippen molar-refractivity contribution in [1.82, 2.24) is 10.2 Å². The van der Waals surface area contributed by atoms with E-state index in [2.05, 4.69) is 15.5 Å². The summed E-state index contributed by atoms with van der Waals surface area (Å²) in [4.78, 5) is 10.6. The number of hydrogen-bond acceptors (Lipinski definition) is 5.